The molecule has 12 rings (SSSR count). The third-order valence-electron chi connectivity index (χ3n) is 9.76. The minimum atomic E-state index is -0.853. The summed E-state index contributed by atoms with van der Waals surface area (Å²) in [4.78, 5) is 18.2. The second kappa shape index (κ2) is 12.3. The van der Waals surface area contributed by atoms with Crippen LogP contribution in [0.25, 0.3) is 105 Å². The number of nitrogens with zero attached hydrogens (tertiary/aromatic N) is 7. The largest absolute Gasteiger partial charge is 0.307 e. The van der Waals surface area contributed by atoms with Crippen molar-refractivity contribution in [2.75, 3.05) is 0 Å². The van der Waals surface area contributed by atoms with Crippen molar-refractivity contribution < 1.29 is 30.2 Å². The molecule has 0 saturated heterocycles. The van der Waals surface area contributed by atoms with Gasteiger partial charge in [0.15, 0.2) is 0 Å². The Hall–Kier alpha value is -7.90. The van der Waals surface area contributed by atoms with Gasteiger partial charge in [-0.3, -0.25) is 14.5 Å². The van der Waals surface area contributed by atoms with Crippen LogP contribution in [0.5, 0.6) is 0 Å². The highest BCUT2D eigenvalue weighted by Gasteiger charge is 2.24. The van der Waals surface area contributed by atoms with Gasteiger partial charge in [-0.15, -0.1) is 0 Å². The molecular formula is C50H31N7. The maximum absolute atomic E-state index is 10.2. The van der Waals surface area contributed by atoms with Gasteiger partial charge in [0.2, 0.25) is 5.95 Å². The smallest absolute Gasteiger partial charge is 0.235 e. The number of hydrogen-bond donors (Lipinski definition) is 0. The second-order valence-electron chi connectivity index (χ2n) is 12.7. The fraction of sp³-hybridized carbons (Fsp3) is 0. The molecule has 7 heteroatoms. The third kappa shape index (κ3) is 4.66. The average Bonchev–Trinajstić information content (AvgIpc) is 3.30. The summed E-state index contributed by atoms with van der Waals surface area (Å²) in [5.41, 5.74) is -2.88. The Kier molecular flexibility index (Phi) is 3.64. The van der Waals surface area contributed by atoms with E-state index in [4.69, 9.17) is 24.2 Å². The van der Waals surface area contributed by atoms with Crippen LogP contribution in [0.1, 0.15) is 30.2 Å². The maximum atomic E-state index is 10.2. The highest BCUT2D eigenvalue weighted by atomic mass is 15.2. The van der Waals surface area contributed by atoms with Gasteiger partial charge < -0.3 is 9.13 Å². The Morgan fingerprint density at radius 2 is 0.912 bits per heavy atom. The Bertz CT molecular complexity index is 4730. The Morgan fingerprint density at radius 3 is 1.53 bits per heavy atom. The van der Waals surface area contributed by atoms with Crippen molar-refractivity contribution in [3.63, 3.8) is 0 Å². The molecule has 6 aromatic heterocycles. The minimum absolute atomic E-state index is 0.0146. The van der Waals surface area contributed by atoms with E-state index in [1.807, 2.05) is 0 Å². The second-order valence-corrected chi connectivity index (χ2v) is 12.7. The molecule has 6 heterocycles. The zero-order valence-corrected chi connectivity index (χ0v) is 28.8. The van der Waals surface area contributed by atoms with E-state index in [1.54, 1.807) is 6.07 Å². The van der Waals surface area contributed by atoms with Crippen LogP contribution in [-0.4, -0.2) is 33.6 Å². The van der Waals surface area contributed by atoms with Crippen LogP contribution in [0.2, 0.25) is 0 Å². The van der Waals surface area contributed by atoms with E-state index in [9.17, 15) is 11.0 Å². The average molecular weight is 752 g/mol. The first-order valence-electron chi connectivity index (χ1n) is 28.3. The summed E-state index contributed by atoms with van der Waals surface area (Å²) >= 11 is 0. The van der Waals surface area contributed by atoms with Crippen molar-refractivity contribution in [1.29, 1.82) is 0 Å². The first-order chi connectivity index (χ1) is 37.5. The quantitative estimate of drug-likeness (QED) is 0.176. The third-order valence-corrected chi connectivity index (χ3v) is 9.76. The zero-order valence-electron chi connectivity index (χ0n) is 50.8. The Morgan fingerprint density at radius 1 is 0.421 bits per heavy atom. The lowest BCUT2D eigenvalue weighted by Crippen LogP contribution is -2.08. The zero-order chi connectivity index (χ0) is 56.6. The molecule has 57 heavy (non-hydrogen) atoms. The molecule has 7 nitrogen and oxygen atoms in total. The fourth-order valence-corrected chi connectivity index (χ4v) is 7.48. The molecule has 0 unspecified atom stereocenters. The van der Waals surface area contributed by atoms with Gasteiger partial charge in [-0.1, -0.05) is 115 Å². The minimum Gasteiger partial charge on any atom is -0.307 e. The summed E-state index contributed by atoms with van der Waals surface area (Å²) in [6, 6.07) is -8.03. The number of aromatic nitrogens is 7. The van der Waals surface area contributed by atoms with Crippen LogP contribution in [-0.2, 0) is 0 Å². The summed E-state index contributed by atoms with van der Waals surface area (Å²) in [5, 5.41) is -0.318. The van der Waals surface area contributed by atoms with E-state index < -0.39 is 178 Å². The molecule has 6 aromatic carbocycles. The van der Waals surface area contributed by atoms with Crippen molar-refractivity contribution >= 4 is 65.4 Å². The molecule has 266 valence electrons. The van der Waals surface area contributed by atoms with Crippen LogP contribution in [0, 0.1) is 0 Å². The molecule has 0 bridgehead atoms. The normalized spacial score (nSPS) is 17.3. The molecule has 0 fully saturated rings. The summed E-state index contributed by atoms with van der Waals surface area (Å²) < 4.78 is 202. The van der Waals surface area contributed by atoms with Gasteiger partial charge >= 0.3 is 0 Å². The molecule has 0 atom stereocenters. The van der Waals surface area contributed by atoms with Crippen molar-refractivity contribution in [2.24, 2.45) is 0 Å². The molecule has 0 radical (unpaired) electrons. The number of benzene rings is 6. The van der Waals surface area contributed by atoms with Crippen molar-refractivity contribution in [2.45, 2.75) is 0 Å². The van der Waals surface area contributed by atoms with Crippen molar-refractivity contribution in [3.05, 3.63) is 188 Å². The summed E-state index contributed by atoms with van der Waals surface area (Å²) in [6.45, 7) is 0. The number of rotatable bonds is 5. The van der Waals surface area contributed by atoms with Crippen LogP contribution in [0.4, 0.5) is 0 Å². The van der Waals surface area contributed by atoms with Crippen LogP contribution >= 0.6 is 0 Å². The predicted octanol–water partition coefficient (Wildman–Crippen LogP) is 11.9. The van der Waals surface area contributed by atoms with E-state index >= 15 is 0 Å². The number of pyridine rings is 2. The van der Waals surface area contributed by atoms with Gasteiger partial charge in [0.25, 0.3) is 0 Å². The number of hydrogen-bond acceptors (Lipinski definition) is 4. The summed E-state index contributed by atoms with van der Waals surface area (Å²) in [6.07, 6.45) is 5.59. The summed E-state index contributed by atoms with van der Waals surface area (Å²) in [5.74, 6) is -0.704. The topological polar surface area (TPSA) is 66.3 Å². The SMILES string of the molecule is [2H]c1c(-c2cccc(-n3c4ccncc4c4c([2H])c([2H])c([2H])c([2H])c43)c2-n2c3ccncc3c3c([2H])c([2H])c([2H])c([2H])c32)nc(-n2c3c([2H])c([2H])c([2H])c([2H])c3c3c([2H])c([2H])c([2H])c([2H])c32)nc1-c1c([2H])c([2H])c([2H])c([2H])c1[2H]. The standard InChI is InChI=1S/C50H31N7/c1-2-13-32(14-3-1)40-29-41(54-50(53-40)57-44-22-10-4-15-33(44)34-16-5-11-23-45(34)57)37-19-12-24-48(55-42-20-8-6-17-35(42)38-30-51-27-25-46(38)55)49(37)56-43-21-9-7-18-36(43)39-31-52-28-26-47(39)56/h1-31H/i1D,2D,3D,4D,5D,6D,7D,8D,9D,10D,11D,13D,14D,15D,16D,17D,18D,20D,21D,22D,23D,29D. The summed E-state index contributed by atoms with van der Waals surface area (Å²) in [7, 11) is 0. The molecular weight excluding hydrogens is 699 g/mol. The van der Waals surface area contributed by atoms with Gasteiger partial charge in [0.1, 0.15) is 0 Å². The molecule has 0 aliphatic rings. The van der Waals surface area contributed by atoms with E-state index in [0.717, 1.165) is 4.57 Å². The fourth-order valence-electron chi connectivity index (χ4n) is 7.48. The molecule has 0 aliphatic carbocycles. The van der Waals surface area contributed by atoms with E-state index in [0.29, 0.717) is 0 Å². The van der Waals surface area contributed by atoms with E-state index in [-0.39, 0.29) is 60.5 Å². The van der Waals surface area contributed by atoms with E-state index in [1.165, 1.54) is 58.2 Å². The molecule has 0 aliphatic heterocycles. The first-order valence-corrected chi connectivity index (χ1v) is 17.3. The monoisotopic (exact) mass is 751 g/mol. The molecule has 0 saturated carbocycles. The van der Waals surface area contributed by atoms with Gasteiger partial charge in [-0.25, -0.2) is 9.97 Å². The lowest BCUT2D eigenvalue weighted by Gasteiger charge is -2.21. The van der Waals surface area contributed by atoms with Crippen molar-refractivity contribution in [3.8, 4) is 39.8 Å². The van der Waals surface area contributed by atoms with E-state index in [2.05, 4.69) is 15.0 Å². The molecule has 12 aromatic rings. The Labute approximate surface area is 357 Å². The highest BCUT2D eigenvalue weighted by molar-refractivity contribution is 6.12. The van der Waals surface area contributed by atoms with Gasteiger partial charge in [0, 0.05) is 68.2 Å². The van der Waals surface area contributed by atoms with Crippen LogP contribution in [0.15, 0.2) is 188 Å². The lowest BCUT2D eigenvalue weighted by atomic mass is 10.0. The number of fused-ring (bicyclic) bond motifs is 9. The molecule has 0 amide bonds. The highest BCUT2D eigenvalue weighted by Crippen LogP contribution is 2.42. The first kappa shape index (κ1) is 16.9. The van der Waals surface area contributed by atoms with Gasteiger partial charge in [-0.2, -0.15) is 0 Å². The van der Waals surface area contributed by atoms with Gasteiger partial charge in [-0.05, 0) is 48.4 Å². The molecule has 0 spiro atoms. The van der Waals surface area contributed by atoms with Crippen LogP contribution < -0.4 is 0 Å². The Balaban J connectivity index is 1.37. The maximum Gasteiger partial charge on any atom is 0.235 e. The van der Waals surface area contributed by atoms with Gasteiger partial charge in [0.05, 0.1) is 86.0 Å². The van der Waals surface area contributed by atoms with Crippen molar-refractivity contribution in [1.82, 2.24) is 33.6 Å². The number of para-hydroxylation sites is 5. The predicted molar refractivity (Wildman–Crippen MR) is 232 cm³/mol. The lowest BCUT2D eigenvalue weighted by molar-refractivity contribution is 0.993. The molecule has 0 N–H and O–H groups in total. The van der Waals surface area contributed by atoms with Crippen LogP contribution in [0.3, 0.4) is 0 Å².